The molecule has 1 aliphatic heterocycles. The second-order valence-electron chi connectivity index (χ2n) is 10.3. The van der Waals surface area contributed by atoms with E-state index in [4.69, 9.17) is 0 Å². The number of halogens is 5. The molecule has 3 aromatic rings. The van der Waals surface area contributed by atoms with Crippen molar-refractivity contribution in [2.75, 3.05) is 6.54 Å². The Kier molecular flexibility index (Phi) is 7.01. The van der Waals surface area contributed by atoms with Gasteiger partial charge in [0.25, 0.3) is 11.7 Å². The normalized spacial score (nSPS) is 24.4. The Morgan fingerprint density at radius 3 is 2.82 bits per heavy atom. The minimum atomic E-state index is -4.42. The molecule has 0 bridgehead atoms. The molecule has 10 nitrogen and oxygen atoms in total. The van der Waals surface area contributed by atoms with Gasteiger partial charge in [0.2, 0.25) is 11.8 Å². The van der Waals surface area contributed by atoms with Gasteiger partial charge in [-0.05, 0) is 31.2 Å². The molecule has 0 unspecified atom stereocenters. The summed E-state index contributed by atoms with van der Waals surface area (Å²) in [5.41, 5.74) is 0.791. The van der Waals surface area contributed by atoms with Crippen LogP contribution in [0.5, 0.6) is 0 Å². The molecule has 0 spiro atoms. The van der Waals surface area contributed by atoms with E-state index in [0.29, 0.717) is 6.42 Å². The van der Waals surface area contributed by atoms with Crippen molar-refractivity contribution < 1.29 is 31.5 Å². The van der Waals surface area contributed by atoms with Crippen LogP contribution in [0.3, 0.4) is 0 Å². The van der Waals surface area contributed by atoms with Gasteiger partial charge in [0.1, 0.15) is 5.69 Å². The second kappa shape index (κ2) is 10.2. The third-order valence-corrected chi connectivity index (χ3v) is 7.44. The van der Waals surface area contributed by atoms with E-state index >= 15 is 0 Å². The average molecular weight is 555 g/mol. The van der Waals surface area contributed by atoms with Gasteiger partial charge in [-0.25, -0.2) is 23.3 Å². The van der Waals surface area contributed by atoms with E-state index in [1.54, 1.807) is 7.05 Å². The third-order valence-electron chi connectivity index (χ3n) is 7.44. The molecule has 1 saturated carbocycles. The highest BCUT2D eigenvalue weighted by Gasteiger charge is 2.45. The molecule has 2 amide bonds. The summed E-state index contributed by atoms with van der Waals surface area (Å²) in [7, 11) is 1.59. The lowest BCUT2D eigenvalue weighted by Crippen LogP contribution is -2.47. The van der Waals surface area contributed by atoms with Gasteiger partial charge in [0.05, 0.1) is 35.7 Å². The van der Waals surface area contributed by atoms with Gasteiger partial charge in [-0.15, -0.1) is 0 Å². The lowest BCUT2D eigenvalue weighted by atomic mass is 9.80. The fourth-order valence-corrected chi connectivity index (χ4v) is 5.40. The minimum Gasteiger partial charge on any atom is -0.355 e. The predicted molar refractivity (Wildman–Crippen MR) is 125 cm³/mol. The van der Waals surface area contributed by atoms with Crippen LogP contribution in [0.2, 0.25) is 0 Å². The van der Waals surface area contributed by atoms with E-state index < -0.39 is 60.7 Å². The number of piperidine rings is 1. The summed E-state index contributed by atoms with van der Waals surface area (Å²) in [4.78, 5) is 33.9. The number of aromatic nitrogens is 6. The van der Waals surface area contributed by atoms with Crippen molar-refractivity contribution in [3.8, 4) is 0 Å². The Hall–Kier alpha value is -3.65. The monoisotopic (exact) mass is 554 g/mol. The molecule has 210 valence electrons. The maximum absolute atomic E-state index is 14.3. The van der Waals surface area contributed by atoms with Gasteiger partial charge in [0.15, 0.2) is 0 Å². The average Bonchev–Trinajstić information content (AvgIpc) is 3.48. The first-order valence-corrected chi connectivity index (χ1v) is 12.6. The number of carbonyl (C=O) groups excluding carboxylic acids is 2. The zero-order valence-electron chi connectivity index (χ0n) is 21.0. The van der Waals surface area contributed by atoms with E-state index in [-0.39, 0.29) is 48.5 Å². The van der Waals surface area contributed by atoms with Crippen LogP contribution < -0.4 is 10.6 Å². The number of carbonyl (C=O) groups is 2. The molecule has 0 radical (unpaired) electrons. The third kappa shape index (κ3) is 5.86. The highest BCUT2D eigenvalue weighted by Crippen LogP contribution is 2.42. The molecule has 2 aliphatic rings. The van der Waals surface area contributed by atoms with Crippen LogP contribution in [-0.2, 0) is 18.3 Å². The number of hydrogen-bond acceptors (Lipinski definition) is 6. The Balaban J connectivity index is 1.41. The molecular weight excluding hydrogens is 527 g/mol. The highest BCUT2D eigenvalue weighted by atomic mass is 19.4. The smallest absolute Gasteiger partial charge is 0.355 e. The number of fused-ring (bicyclic) bond motifs is 1. The van der Waals surface area contributed by atoms with E-state index in [2.05, 4.69) is 30.8 Å². The van der Waals surface area contributed by atoms with Crippen molar-refractivity contribution >= 4 is 17.6 Å². The van der Waals surface area contributed by atoms with Gasteiger partial charge in [0, 0.05) is 45.0 Å². The summed E-state index contributed by atoms with van der Waals surface area (Å²) in [6, 6.07) is 0.633. The maximum Gasteiger partial charge on any atom is 0.393 e. The van der Waals surface area contributed by atoms with Crippen molar-refractivity contribution in [1.82, 2.24) is 40.0 Å². The molecule has 1 aliphatic carbocycles. The van der Waals surface area contributed by atoms with Crippen LogP contribution in [0, 0.1) is 17.8 Å². The van der Waals surface area contributed by atoms with Crippen molar-refractivity contribution in [2.24, 2.45) is 24.8 Å². The summed E-state index contributed by atoms with van der Waals surface area (Å²) in [6.07, 6.45) is -0.537. The molecule has 4 atom stereocenters. The highest BCUT2D eigenvalue weighted by molar-refractivity contribution is 5.92. The zero-order chi connectivity index (χ0) is 27.9. The summed E-state index contributed by atoms with van der Waals surface area (Å²) < 4.78 is 70.9. The van der Waals surface area contributed by atoms with E-state index in [9.17, 15) is 31.5 Å². The number of rotatable bonds is 6. The Morgan fingerprint density at radius 2 is 2.13 bits per heavy atom. The van der Waals surface area contributed by atoms with Crippen LogP contribution >= 0.6 is 0 Å². The number of imidazole rings is 1. The van der Waals surface area contributed by atoms with Gasteiger partial charge < -0.3 is 10.6 Å². The molecule has 15 heteroatoms. The van der Waals surface area contributed by atoms with Crippen LogP contribution in [0.1, 0.15) is 60.0 Å². The summed E-state index contributed by atoms with van der Waals surface area (Å²) in [5, 5.41) is 13.5. The number of nitrogens with one attached hydrogen (secondary N) is 2. The lowest BCUT2D eigenvalue weighted by molar-refractivity contribution is -0.183. The maximum atomic E-state index is 14.3. The molecule has 4 heterocycles. The first-order valence-electron chi connectivity index (χ1n) is 12.6. The standard InChI is InChI=1S/C24H27F5N8O2/c1-36-18(4-6-32-36)21(39)34-19(13-3-2-5-23(25,26)9-13)17-12-37-22(33-17)31-11-16(35-37)8-14-7-15(24(27,28)29)10-30-20(14)38/h4,6,11-15,19H,2-3,5,7-10H2,1H3,(H,30,38)(H,34,39)/t13-,14-,15+,19+/m1/s1. The number of hydrogen-bond donors (Lipinski definition) is 2. The van der Waals surface area contributed by atoms with Gasteiger partial charge in [-0.3, -0.25) is 14.3 Å². The van der Waals surface area contributed by atoms with Crippen LogP contribution in [0.15, 0.2) is 24.7 Å². The van der Waals surface area contributed by atoms with Crippen molar-refractivity contribution in [2.45, 2.75) is 56.7 Å². The van der Waals surface area contributed by atoms with E-state index in [0.717, 1.165) is 0 Å². The lowest BCUT2D eigenvalue weighted by Gasteiger charge is -2.34. The fourth-order valence-electron chi connectivity index (χ4n) is 5.40. The Labute approximate surface area is 219 Å². The Bertz CT molecular complexity index is 1370. The zero-order valence-corrected chi connectivity index (χ0v) is 21.0. The molecule has 2 fully saturated rings. The molecule has 2 N–H and O–H groups in total. The molecule has 3 aromatic heterocycles. The summed E-state index contributed by atoms with van der Waals surface area (Å²) in [6.45, 7) is -0.458. The Morgan fingerprint density at radius 1 is 1.33 bits per heavy atom. The molecular formula is C24H27F5N8O2. The van der Waals surface area contributed by atoms with Gasteiger partial charge in [-0.1, -0.05) is 0 Å². The molecule has 1 saturated heterocycles. The van der Waals surface area contributed by atoms with Crippen molar-refractivity contribution in [3.63, 3.8) is 0 Å². The topological polar surface area (TPSA) is 119 Å². The molecule has 0 aromatic carbocycles. The van der Waals surface area contributed by atoms with Crippen LogP contribution in [0.25, 0.3) is 5.78 Å². The first-order chi connectivity index (χ1) is 18.4. The second-order valence-corrected chi connectivity index (χ2v) is 10.3. The number of nitrogens with zero attached hydrogens (tertiary/aromatic N) is 6. The predicted octanol–water partition coefficient (Wildman–Crippen LogP) is 3.01. The first kappa shape index (κ1) is 26.9. The van der Waals surface area contributed by atoms with Crippen LogP contribution in [0.4, 0.5) is 22.0 Å². The van der Waals surface area contributed by atoms with E-state index in [1.807, 2.05) is 0 Å². The number of aryl methyl sites for hydroxylation is 1. The number of amides is 2. The largest absolute Gasteiger partial charge is 0.393 e. The molecule has 5 rings (SSSR count). The SMILES string of the molecule is Cn1nccc1C(=O)N[C@H](c1cn2nc(C[C@H]3C[C@H](C(F)(F)F)CNC3=O)cnc2n1)[C@@H]1CCCC(F)(F)C1. The van der Waals surface area contributed by atoms with Crippen molar-refractivity contribution in [3.05, 3.63) is 41.7 Å². The fraction of sp³-hybridized carbons (Fsp3) is 0.583. The number of alkyl halides is 5. The van der Waals surface area contributed by atoms with Gasteiger partial charge in [-0.2, -0.15) is 23.4 Å². The van der Waals surface area contributed by atoms with E-state index in [1.165, 1.54) is 33.9 Å². The minimum absolute atomic E-state index is 0.0651. The summed E-state index contributed by atoms with van der Waals surface area (Å²) >= 11 is 0. The van der Waals surface area contributed by atoms with Crippen LogP contribution in [-0.4, -0.2) is 59.8 Å². The van der Waals surface area contributed by atoms with Crippen molar-refractivity contribution in [1.29, 1.82) is 0 Å². The quantitative estimate of drug-likeness (QED) is 0.453. The molecule has 39 heavy (non-hydrogen) atoms. The van der Waals surface area contributed by atoms with Gasteiger partial charge >= 0.3 is 6.18 Å². The summed E-state index contributed by atoms with van der Waals surface area (Å²) in [5.74, 6) is -6.94.